The lowest BCUT2D eigenvalue weighted by atomic mass is 10.1. The topological polar surface area (TPSA) is 90.1 Å². The minimum Gasteiger partial charge on any atom is -0.465 e. The third-order valence-corrected chi connectivity index (χ3v) is 2.77. The zero-order valence-corrected chi connectivity index (χ0v) is 11.4. The summed E-state index contributed by atoms with van der Waals surface area (Å²) in [5, 5.41) is 3.13. The number of benzene rings is 1. The van der Waals surface area contributed by atoms with Crippen molar-refractivity contribution in [1.82, 2.24) is 9.97 Å². The maximum atomic E-state index is 11.5. The van der Waals surface area contributed by atoms with E-state index in [0.29, 0.717) is 23.5 Å². The van der Waals surface area contributed by atoms with Gasteiger partial charge in [-0.3, -0.25) is 9.97 Å². The normalized spacial score (nSPS) is 10.1. The average molecular weight is 272 g/mol. The van der Waals surface area contributed by atoms with Crippen LogP contribution in [0.2, 0.25) is 0 Å². The molecule has 0 spiro atoms. The summed E-state index contributed by atoms with van der Waals surface area (Å²) in [6.45, 7) is 2.35. The van der Waals surface area contributed by atoms with Gasteiger partial charge in [0.25, 0.3) is 0 Å². The second-order valence-electron chi connectivity index (χ2n) is 4.30. The first kappa shape index (κ1) is 13.8. The molecular formula is C14H16N4O2. The summed E-state index contributed by atoms with van der Waals surface area (Å²) in [4.78, 5) is 19.9. The van der Waals surface area contributed by atoms with Crippen molar-refractivity contribution in [2.45, 2.75) is 13.5 Å². The van der Waals surface area contributed by atoms with E-state index in [4.69, 9.17) is 5.73 Å². The smallest absolute Gasteiger partial charge is 0.337 e. The van der Waals surface area contributed by atoms with Crippen LogP contribution >= 0.6 is 0 Å². The fourth-order valence-electron chi connectivity index (χ4n) is 1.65. The summed E-state index contributed by atoms with van der Waals surface area (Å²) in [7, 11) is 1.34. The van der Waals surface area contributed by atoms with Crippen molar-refractivity contribution in [2.75, 3.05) is 18.2 Å². The van der Waals surface area contributed by atoms with Crippen LogP contribution in [0.3, 0.4) is 0 Å². The zero-order chi connectivity index (χ0) is 14.5. The Morgan fingerprint density at radius 1 is 1.35 bits per heavy atom. The van der Waals surface area contributed by atoms with E-state index >= 15 is 0 Å². The molecule has 0 aliphatic heterocycles. The number of aryl methyl sites for hydroxylation is 1. The van der Waals surface area contributed by atoms with Crippen LogP contribution in [0, 0.1) is 6.92 Å². The molecule has 0 fully saturated rings. The van der Waals surface area contributed by atoms with Crippen molar-refractivity contribution in [3.63, 3.8) is 0 Å². The Labute approximate surface area is 117 Å². The molecule has 6 nitrogen and oxygen atoms in total. The summed E-state index contributed by atoms with van der Waals surface area (Å²) >= 11 is 0. The number of carbonyl (C=O) groups excluding carboxylic acids is 1. The first-order chi connectivity index (χ1) is 9.60. The predicted octanol–water partition coefficient (Wildman–Crippen LogP) is 1.77. The summed E-state index contributed by atoms with van der Waals surface area (Å²) in [6, 6.07) is 4.94. The first-order valence-electron chi connectivity index (χ1n) is 6.09. The third-order valence-electron chi connectivity index (χ3n) is 2.77. The van der Waals surface area contributed by atoms with Gasteiger partial charge in [-0.05, 0) is 25.1 Å². The maximum Gasteiger partial charge on any atom is 0.337 e. The lowest BCUT2D eigenvalue weighted by molar-refractivity contribution is 0.0601. The Kier molecular flexibility index (Phi) is 4.14. The van der Waals surface area contributed by atoms with Crippen molar-refractivity contribution in [1.29, 1.82) is 0 Å². The number of ether oxygens (including phenoxy) is 1. The van der Waals surface area contributed by atoms with Gasteiger partial charge in [-0.1, -0.05) is 0 Å². The number of rotatable bonds is 4. The molecule has 1 heterocycles. The number of nitrogens with one attached hydrogen (secondary N) is 1. The van der Waals surface area contributed by atoms with Crippen LogP contribution < -0.4 is 11.1 Å². The molecule has 6 heteroatoms. The van der Waals surface area contributed by atoms with Gasteiger partial charge in [0.1, 0.15) is 0 Å². The fraction of sp³-hybridized carbons (Fsp3) is 0.214. The molecule has 0 amide bonds. The first-order valence-corrected chi connectivity index (χ1v) is 6.09. The lowest BCUT2D eigenvalue weighted by Crippen LogP contribution is -2.07. The lowest BCUT2D eigenvalue weighted by Gasteiger charge is -2.10. The van der Waals surface area contributed by atoms with Gasteiger partial charge < -0.3 is 15.8 Å². The molecule has 0 saturated heterocycles. The molecule has 20 heavy (non-hydrogen) atoms. The summed E-state index contributed by atoms with van der Waals surface area (Å²) in [5.41, 5.74) is 9.18. The van der Waals surface area contributed by atoms with E-state index in [1.54, 1.807) is 30.6 Å². The van der Waals surface area contributed by atoms with E-state index in [2.05, 4.69) is 20.0 Å². The monoisotopic (exact) mass is 272 g/mol. The Morgan fingerprint density at radius 2 is 2.15 bits per heavy atom. The number of anilines is 2. The van der Waals surface area contributed by atoms with Crippen LogP contribution in [0.15, 0.2) is 30.6 Å². The van der Waals surface area contributed by atoms with Crippen LogP contribution in [0.1, 0.15) is 21.7 Å². The number of hydrogen-bond donors (Lipinski definition) is 2. The molecule has 0 aliphatic rings. The fourth-order valence-corrected chi connectivity index (χ4v) is 1.65. The molecule has 2 aromatic rings. The summed E-state index contributed by atoms with van der Waals surface area (Å²) in [6.07, 6.45) is 3.40. The van der Waals surface area contributed by atoms with Crippen molar-refractivity contribution in [3.05, 3.63) is 47.5 Å². The van der Waals surface area contributed by atoms with Gasteiger partial charge in [0.15, 0.2) is 0 Å². The van der Waals surface area contributed by atoms with Crippen LogP contribution in [0.4, 0.5) is 11.4 Å². The highest BCUT2D eigenvalue weighted by Crippen LogP contribution is 2.21. The minimum atomic E-state index is -0.400. The molecule has 0 bridgehead atoms. The number of methoxy groups -OCH3 is 1. The van der Waals surface area contributed by atoms with Crippen molar-refractivity contribution < 1.29 is 9.53 Å². The third kappa shape index (κ3) is 3.23. The van der Waals surface area contributed by atoms with E-state index in [-0.39, 0.29) is 0 Å². The molecule has 0 radical (unpaired) electrons. The Balaban J connectivity index is 2.12. The Hall–Kier alpha value is -2.63. The van der Waals surface area contributed by atoms with Gasteiger partial charge in [0, 0.05) is 6.20 Å². The molecule has 3 N–H and O–H groups in total. The predicted molar refractivity (Wildman–Crippen MR) is 76.3 cm³/mol. The van der Waals surface area contributed by atoms with E-state index in [1.165, 1.54) is 7.11 Å². The number of carbonyl (C=O) groups is 1. The van der Waals surface area contributed by atoms with Crippen molar-refractivity contribution in [3.8, 4) is 0 Å². The molecule has 0 unspecified atom stereocenters. The number of nitrogen functional groups attached to an aromatic ring is 1. The summed E-state index contributed by atoms with van der Waals surface area (Å²) < 4.78 is 4.68. The van der Waals surface area contributed by atoms with E-state index in [0.717, 1.165) is 11.4 Å². The van der Waals surface area contributed by atoms with Crippen LogP contribution in [-0.4, -0.2) is 23.0 Å². The van der Waals surface area contributed by atoms with E-state index in [1.807, 2.05) is 6.92 Å². The van der Waals surface area contributed by atoms with Gasteiger partial charge in [-0.2, -0.15) is 0 Å². The standard InChI is InChI=1S/C14H16N4O2/c1-9-6-17-11(7-16-9)8-18-13-5-10(14(19)20-2)3-4-12(13)15/h3-7,18H,8,15H2,1-2H3. The number of hydrogen-bond acceptors (Lipinski definition) is 6. The number of nitrogens with zero attached hydrogens (tertiary/aromatic N) is 2. The largest absolute Gasteiger partial charge is 0.465 e. The molecule has 1 aromatic heterocycles. The molecule has 1 aromatic carbocycles. The Bertz CT molecular complexity index is 611. The number of esters is 1. The number of aromatic nitrogens is 2. The minimum absolute atomic E-state index is 0.400. The van der Waals surface area contributed by atoms with Crippen molar-refractivity contribution in [2.24, 2.45) is 0 Å². The molecule has 2 rings (SSSR count). The SMILES string of the molecule is COC(=O)c1ccc(N)c(NCc2cnc(C)cn2)c1. The highest BCUT2D eigenvalue weighted by molar-refractivity contribution is 5.91. The van der Waals surface area contributed by atoms with Gasteiger partial charge in [0.2, 0.25) is 0 Å². The molecule has 0 aliphatic carbocycles. The molecule has 104 valence electrons. The quantitative estimate of drug-likeness (QED) is 0.651. The van der Waals surface area contributed by atoms with E-state index < -0.39 is 5.97 Å². The van der Waals surface area contributed by atoms with Crippen LogP contribution in [0.5, 0.6) is 0 Å². The Morgan fingerprint density at radius 3 is 2.80 bits per heavy atom. The maximum absolute atomic E-state index is 11.5. The van der Waals surface area contributed by atoms with Gasteiger partial charge in [-0.15, -0.1) is 0 Å². The number of nitrogens with two attached hydrogens (primary N) is 1. The van der Waals surface area contributed by atoms with Gasteiger partial charge >= 0.3 is 5.97 Å². The highest BCUT2D eigenvalue weighted by atomic mass is 16.5. The zero-order valence-electron chi connectivity index (χ0n) is 11.4. The molecule has 0 atom stereocenters. The van der Waals surface area contributed by atoms with Crippen LogP contribution in [0.25, 0.3) is 0 Å². The van der Waals surface area contributed by atoms with E-state index in [9.17, 15) is 4.79 Å². The second kappa shape index (κ2) is 6.01. The van der Waals surface area contributed by atoms with Gasteiger partial charge in [-0.25, -0.2) is 4.79 Å². The van der Waals surface area contributed by atoms with Crippen molar-refractivity contribution >= 4 is 17.3 Å². The second-order valence-corrected chi connectivity index (χ2v) is 4.30. The molecular weight excluding hydrogens is 256 g/mol. The summed E-state index contributed by atoms with van der Waals surface area (Å²) in [5.74, 6) is -0.400. The van der Waals surface area contributed by atoms with Crippen LogP contribution in [-0.2, 0) is 11.3 Å². The average Bonchev–Trinajstić information content (AvgIpc) is 2.47. The highest BCUT2D eigenvalue weighted by Gasteiger charge is 2.08. The molecule has 0 saturated carbocycles. The van der Waals surface area contributed by atoms with Gasteiger partial charge in [0.05, 0.1) is 48.2 Å².